The number of hydrogen-bond acceptors (Lipinski definition) is 5. The zero-order valence-corrected chi connectivity index (χ0v) is 16.2. The van der Waals surface area contributed by atoms with Crippen LogP contribution in [0.4, 0.5) is 14.5 Å². The summed E-state index contributed by atoms with van der Waals surface area (Å²) in [4.78, 5) is 17.0. The predicted octanol–water partition coefficient (Wildman–Crippen LogP) is 4.55. The Kier molecular flexibility index (Phi) is 5.18. The summed E-state index contributed by atoms with van der Waals surface area (Å²) < 4.78 is 36.8. The summed E-state index contributed by atoms with van der Waals surface area (Å²) in [7, 11) is 0. The summed E-state index contributed by atoms with van der Waals surface area (Å²) >= 11 is 0. The van der Waals surface area contributed by atoms with E-state index in [1.165, 1.54) is 16.8 Å². The van der Waals surface area contributed by atoms with Gasteiger partial charge in [0.15, 0.2) is 5.65 Å². The molecule has 9 heteroatoms. The van der Waals surface area contributed by atoms with Crippen LogP contribution in [0.2, 0.25) is 0 Å². The molecule has 0 aliphatic heterocycles. The largest absolute Gasteiger partial charge is 0.464 e. The molecule has 1 aromatic carbocycles. The summed E-state index contributed by atoms with van der Waals surface area (Å²) in [6.45, 7) is 0.412. The first-order valence-electron chi connectivity index (χ1n) is 9.13. The van der Waals surface area contributed by atoms with Crippen LogP contribution in [0.15, 0.2) is 53.3 Å². The standard InChI is InChI=1S/C21H18F2N4O3/c1-12-5-6-15(17(10-12)30-21(22)23)25-18(28)11-27-20-19(13(2)26-27)14(7-8-24-20)16-4-3-9-29-16/h3-10,21H,11H2,1-2H3,(H,25,28). The van der Waals surface area contributed by atoms with Crippen LogP contribution in [-0.4, -0.2) is 27.3 Å². The number of furan rings is 1. The zero-order valence-electron chi connectivity index (χ0n) is 16.2. The van der Waals surface area contributed by atoms with Crippen LogP contribution in [0.1, 0.15) is 11.3 Å². The molecule has 3 aromatic heterocycles. The van der Waals surface area contributed by atoms with Crippen molar-refractivity contribution in [1.29, 1.82) is 0 Å². The Morgan fingerprint density at radius 2 is 2.10 bits per heavy atom. The molecule has 0 aliphatic rings. The molecule has 0 saturated heterocycles. The van der Waals surface area contributed by atoms with Gasteiger partial charge in [0.05, 0.1) is 23.0 Å². The fourth-order valence-electron chi connectivity index (χ4n) is 3.28. The van der Waals surface area contributed by atoms with E-state index in [1.807, 2.05) is 19.1 Å². The van der Waals surface area contributed by atoms with Gasteiger partial charge in [0, 0.05) is 11.8 Å². The quantitative estimate of drug-likeness (QED) is 0.503. The van der Waals surface area contributed by atoms with Crippen molar-refractivity contribution >= 4 is 22.6 Å². The molecular formula is C21H18F2N4O3. The van der Waals surface area contributed by atoms with E-state index in [9.17, 15) is 13.6 Å². The highest BCUT2D eigenvalue weighted by Gasteiger charge is 2.18. The minimum absolute atomic E-state index is 0.0990. The van der Waals surface area contributed by atoms with Crippen molar-refractivity contribution in [2.75, 3.05) is 5.32 Å². The number of fused-ring (bicyclic) bond motifs is 1. The summed E-state index contributed by atoms with van der Waals surface area (Å²) in [5, 5.41) is 7.81. The Hall–Kier alpha value is -3.75. The van der Waals surface area contributed by atoms with Gasteiger partial charge in [0.1, 0.15) is 18.1 Å². The Bertz CT molecular complexity index is 1200. The van der Waals surface area contributed by atoms with Crippen molar-refractivity contribution in [3.05, 3.63) is 60.1 Å². The number of anilines is 1. The Morgan fingerprint density at radius 1 is 1.27 bits per heavy atom. The van der Waals surface area contributed by atoms with E-state index >= 15 is 0 Å². The fourth-order valence-corrected chi connectivity index (χ4v) is 3.28. The average Bonchev–Trinajstić information content (AvgIpc) is 3.32. The van der Waals surface area contributed by atoms with Gasteiger partial charge >= 0.3 is 6.61 Å². The molecule has 0 spiro atoms. The number of nitrogens with zero attached hydrogens (tertiary/aromatic N) is 3. The summed E-state index contributed by atoms with van der Waals surface area (Å²) in [6.07, 6.45) is 3.19. The fraction of sp³-hybridized carbons (Fsp3) is 0.190. The number of hydrogen-bond donors (Lipinski definition) is 1. The zero-order chi connectivity index (χ0) is 21.3. The minimum Gasteiger partial charge on any atom is -0.464 e. The first kappa shape index (κ1) is 19.6. The number of ether oxygens (including phenoxy) is 1. The third kappa shape index (κ3) is 3.86. The SMILES string of the molecule is Cc1ccc(NC(=O)Cn2nc(C)c3c(-c4ccco4)ccnc32)c(OC(F)F)c1. The van der Waals surface area contributed by atoms with Crippen LogP contribution < -0.4 is 10.1 Å². The lowest BCUT2D eigenvalue weighted by Gasteiger charge is -2.13. The lowest BCUT2D eigenvalue weighted by Crippen LogP contribution is -2.20. The average molecular weight is 412 g/mol. The molecule has 0 unspecified atom stereocenters. The molecule has 0 fully saturated rings. The van der Waals surface area contributed by atoms with Crippen LogP contribution in [0.3, 0.4) is 0 Å². The molecule has 0 bridgehead atoms. The van der Waals surface area contributed by atoms with E-state index in [-0.39, 0.29) is 18.0 Å². The second-order valence-corrected chi connectivity index (χ2v) is 6.70. The monoisotopic (exact) mass is 412 g/mol. The van der Waals surface area contributed by atoms with Crippen LogP contribution in [0.25, 0.3) is 22.4 Å². The maximum atomic E-state index is 12.7. The van der Waals surface area contributed by atoms with Crippen molar-refractivity contribution in [1.82, 2.24) is 14.8 Å². The number of halogens is 2. The minimum atomic E-state index is -3.00. The molecule has 30 heavy (non-hydrogen) atoms. The normalized spacial score (nSPS) is 11.2. The molecule has 0 atom stereocenters. The number of pyridine rings is 1. The van der Waals surface area contributed by atoms with Gasteiger partial charge in [0.25, 0.3) is 0 Å². The number of carbonyl (C=O) groups excluding carboxylic acids is 1. The van der Waals surface area contributed by atoms with Crippen LogP contribution in [0.5, 0.6) is 5.75 Å². The topological polar surface area (TPSA) is 82.2 Å². The van der Waals surface area contributed by atoms with Gasteiger partial charge in [-0.05, 0) is 49.7 Å². The first-order chi connectivity index (χ1) is 14.4. The number of nitrogens with one attached hydrogen (secondary N) is 1. The number of alkyl halides is 2. The van der Waals surface area contributed by atoms with E-state index in [4.69, 9.17) is 4.42 Å². The molecule has 0 aliphatic carbocycles. The molecular weight excluding hydrogens is 394 g/mol. The van der Waals surface area contributed by atoms with Crippen molar-refractivity contribution in [2.45, 2.75) is 27.0 Å². The highest BCUT2D eigenvalue weighted by molar-refractivity contribution is 5.96. The molecule has 1 N–H and O–H groups in total. The third-order valence-corrected chi connectivity index (χ3v) is 4.52. The molecule has 0 saturated carbocycles. The van der Waals surface area contributed by atoms with Crippen molar-refractivity contribution < 1.29 is 22.7 Å². The molecule has 0 radical (unpaired) electrons. The number of amides is 1. The van der Waals surface area contributed by atoms with Gasteiger partial charge in [-0.2, -0.15) is 13.9 Å². The smallest absolute Gasteiger partial charge is 0.387 e. The van der Waals surface area contributed by atoms with Crippen LogP contribution in [0, 0.1) is 13.8 Å². The maximum absolute atomic E-state index is 12.7. The van der Waals surface area contributed by atoms with E-state index < -0.39 is 12.5 Å². The van der Waals surface area contributed by atoms with E-state index in [0.29, 0.717) is 17.1 Å². The highest BCUT2D eigenvalue weighted by atomic mass is 19.3. The first-order valence-corrected chi connectivity index (χ1v) is 9.13. The number of aryl methyl sites for hydroxylation is 2. The van der Waals surface area contributed by atoms with Crippen LogP contribution >= 0.6 is 0 Å². The maximum Gasteiger partial charge on any atom is 0.387 e. The van der Waals surface area contributed by atoms with Crippen molar-refractivity contribution in [3.63, 3.8) is 0 Å². The molecule has 3 heterocycles. The molecule has 7 nitrogen and oxygen atoms in total. The lowest BCUT2D eigenvalue weighted by molar-refractivity contribution is -0.116. The Balaban J connectivity index is 1.61. The van der Waals surface area contributed by atoms with Gasteiger partial charge in [-0.25, -0.2) is 9.67 Å². The summed E-state index contributed by atoms with van der Waals surface area (Å²) in [5.74, 6) is 0.119. The number of rotatable bonds is 6. The predicted molar refractivity (Wildman–Crippen MR) is 106 cm³/mol. The Labute approximate surface area is 170 Å². The second kappa shape index (κ2) is 7.94. The Morgan fingerprint density at radius 3 is 2.83 bits per heavy atom. The van der Waals surface area contributed by atoms with E-state index in [2.05, 4.69) is 20.1 Å². The van der Waals surface area contributed by atoms with Gasteiger partial charge in [-0.1, -0.05) is 6.07 Å². The van der Waals surface area contributed by atoms with Gasteiger partial charge in [-0.3, -0.25) is 4.79 Å². The summed E-state index contributed by atoms with van der Waals surface area (Å²) in [6, 6.07) is 10.1. The molecule has 4 rings (SSSR count). The molecule has 154 valence electrons. The number of benzene rings is 1. The third-order valence-electron chi connectivity index (χ3n) is 4.52. The van der Waals surface area contributed by atoms with E-state index in [0.717, 1.165) is 16.5 Å². The molecule has 4 aromatic rings. The van der Waals surface area contributed by atoms with Crippen molar-refractivity contribution in [2.24, 2.45) is 0 Å². The highest BCUT2D eigenvalue weighted by Crippen LogP contribution is 2.30. The van der Waals surface area contributed by atoms with Crippen molar-refractivity contribution in [3.8, 4) is 17.1 Å². The van der Waals surface area contributed by atoms with Crippen LogP contribution in [-0.2, 0) is 11.3 Å². The van der Waals surface area contributed by atoms with Gasteiger partial charge in [0.2, 0.25) is 5.91 Å². The van der Waals surface area contributed by atoms with Gasteiger partial charge in [-0.15, -0.1) is 0 Å². The number of aromatic nitrogens is 3. The summed E-state index contributed by atoms with van der Waals surface area (Å²) in [5.41, 5.74) is 2.91. The molecule has 1 amide bonds. The number of carbonyl (C=O) groups is 1. The van der Waals surface area contributed by atoms with Gasteiger partial charge < -0.3 is 14.5 Å². The lowest BCUT2D eigenvalue weighted by atomic mass is 10.1. The second-order valence-electron chi connectivity index (χ2n) is 6.70. The van der Waals surface area contributed by atoms with E-state index in [1.54, 1.807) is 31.5 Å².